The summed E-state index contributed by atoms with van der Waals surface area (Å²) in [6.07, 6.45) is 2.11. The number of hydrogen-bond acceptors (Lipinski definition) is 5. The summed E-state index contributed by atoms with van der Waals surface area (Å²) in [6, 6.07) is 3.50. The van der Waals surface area contributed by atoms with Crippen LogP contribution in [0.25, 0.3) is 0 Å². The number of carbonyl (C=O) groups is 1. The Labute approximate surface area is 113 Å². The molecule has 0 N–H and O–H groups in total. The monoisotopic (exact) mass is 264 g/mol. The average Bonchev–Trinajstić information content (AvgIpc) is 2.37. The zero-order valence-corrected chi connectivity index (χ0v) is 11.6. The summed E-state index contributed by atoms with van der Waals surface area (Å²) < 4.78 is 10.5. The highest BCUT2D eigenvalue weighted by Gasteiger charge is 2.24. The molecule has 2 heterocycles. The lowest BCUT2D eigenvalue weighted by Crippen LogP contribution is -2.45. The molecule has 0 bridgehead atoms. The predicted octanol–water partition coefficient (Wildman–Crippen LogP) is 1.48. The summed E-state index contributed by atoms with van der Waals surface area (Å²) in [5.41, 5.74) is 1.30. The number of hydrogen-bond donors (Lipinski definition) is 0. The lowest BCUT2D eigenvalue weighted by atomic mass is 10.1. The van der Waals surface area contributed by atoms with Gasteiger partial charge in [0.05, 0.1) is 30.6 Å². The van der Waals surface area contributed by atoms with Gasteiger partial charge in [0.25, 0.3) is 0 Å². The highest BCUT2D eigenvalue weighted by Crippen LogP contribution is 2.15. The van der Waals surface area contributed by atoms with Crippen LogP contribution in [0.3, 0.4) is 0 Å². The molecule has 5 heteroatoms. The lowest BCUT2D eigenvalue weighted by molar-refractivity contribution is -0.0708. The van der Waals surface area contributed by atoms with Crippen LogP contribution in [0.15, 0.2) is 18.3 Å². The lowest BCUT2D eigenvalue weighted by Gasteiger charge is -2.35. The van der Waals surface area contributed by atoms with E-state index in [1.807, 2.05) is 0 Å². The van der Waals surface area contributed by atoms with E-state index in [4.69, 9.17) is 9.47 Å². The van der Waals surface area contributed by atoms with Crippen molar-refractivity contribution in [1.82, 2.24) is 9.88 Å². The van der Waals surface area contributed by atoms with Crippen LogP contribution >= 0.6 is 0 Å². The number of morpholine rings is 1. The molecule has 0 aliphatic carbocycles. The van der Waals surface area contributed by atoms with Crippen molar-refractivity contribution in [3.05, 3.63) is 29.6 Å². The fourth-order valence-electron chi connectivity index (χ4n) is 2.49. The molecule has 0 unspecified atom stereocenters. The minimum absolute atomic E-state index is 0.203. The average molecular weight is 264 g/mol. The van der Waals surface area contributed by atoms with E-state index < -0.39 is 0 Å². The van der Waals surface area contributed by atoms with Crippen molar-refractivity contribution in [2.24, 2.45) is 0 Å². The van der Waals surface area contributed by atoms with E-state index in [0.29, 0.717) is 12.1 Å². The third-order valence-electron chi connectivity index (χ3n) is 3.16. The van der Waals surface area contributed by atoms with Crippen molar-refractivity contribution in [3.8, 4) is 0 Å². The molecule has 5 nitrogen and oxygen atoms in total. The van der Waals surface area contributed by atoms with Crippen LogP contribution in [0, 0.1) is 0 Å². The highest BCUT2D eigenvalue weighted by atomic mass is 16.5. The predicted molar refractivity (Wildman–Crippen MR) is 70.9 cm³/mol. The Morgan fingerprint density at radius 1 is 1.47 bits per heavy atom. The van der Waals surface area contributed by atoms with Gasteiger partial charge >= 0.3 is 5.97 Å². The number of pyridine rings is 1. The Balaban J connectivity index is 2.12. The number of nitrogens with zero attached hydrogens (tertiary/aromatic N) is 2. The smallest absolute Gasteiger partial charge is 0.339 e. The normalized spacial score (nSPS) is 24.2. The molecule has 1 aliphatic rings. The van der Waals surface area contributed by atoms with Crippen LogP contribution in [-0.4, -0.2) is 48.3 Å². The van der Waals surface area contributed by atoms with Crippen molar-refractivity contribution < 1.29 is 14.3 Å². The summed E-state index contributed by atoms with van der Waals surface area (Å²) in [4.78, 5) is 18.3. The van der Waals surface area contributed by atoms with Gasteiger partial charge in [-0.2, -0.15) is 0 Å². The fourth-order valence-corrected chi connectivity index (χ4v) is 2.49. The molecule has 1 fully saturated rings. The van der Waals surface area contributed by atoms with Crippen LogP contribution in [0.2, 0.25) is 0 Å². The first-order valence-corrected chi connectivity index (χ1v) is 6.50. The number of rotatable bonds is 3. The topological polar surface area (TPSA) is 51.7 Å². The molecule has 2 atom stereocenters. The van der Waals surface area contributed by atoms with Crippen molar-refractivity contribution in [2.75, 3.05) is 20.2 Å². The van der Waals surface area contributed by atoms with Gasteiger partial charge in [0, 0.05) is 25.8 Å². The van der Waals surface area contributed by atoms with Gasteiger partial charge < -0.3 is 9.47 Å². The second kappa shape index (κ2) is 6.12. The van der Waals surface area contributed by atoms with Gasteiger partial charge in [-0.15, -0.1) is 0 Å². The molecule has 0 spiro atoms. The Kier molecular flexibility index (Phi) is 4.50. The summed E-state index contributed by atoms with van der Waals surface area (Å²) in [7, 11) is 1.39. The first kappa shape index (κ1) is 14.0. The van der Waals surface area contributed by atoms with Crippen LogP contribution < -0.4 is 0 Å². The van der Waals surface area contributed by atoms with Crippen molar-refractivity contribution >= 4 is 5.97 Å². The molecule has 0 radical (unpaired) electrons. The Morgan fingerprint density at radius 3 is 2.79 bits per heavy atom. The molecule has 0 amide bonds. The second-order valence-corrected chi connectivity index (χ2v) is 4.94. The van der Waals surface area contributed by atoms with Crippen LogP contribution in [-0.2, 0) is 16.0 Å². The summed E-state index contributed by atoms with van der Waals surface area (Å²) in [5, 5.41) is 0. The van der Waals surface area contributed by atoms with Gasteiger partial charge in [0.2, 0.25) is 0 Å². The van der Waals surface area contributed by atoms with E-state index in [9.17, 15) is 4.79 Å². The summed E-state index contributed by atoms with van der Waals surface area (Å²) in [5.74, 6) is -0.336. The van der Waals surface area contributed by atoms with Crippen molar-refractivity contribution in [1.29, 1.82) is 0 Å². The highest BCUT2D eigenvalue weighted by molar-refractivity contribution is 5.90. The zero-order valence-electron chi connectivity index (χ0n) is 11.6. The van der Waals surface area contributed by atoms with E-state index in [1.54, 1.807) is 18.3 Å². The maximum absolute atomic E-state index is 11.7. The van der Waals surface area contributed by atoms with Gasteiger partial charge in [-0.1, -0.05) is 0 Å². The third kappa shape index (κ3) is 3.52. The number of esters is 1. The molecular formula is C14H20N2O3. The molecule has 104 valence electrons. The number of ether oxygens (including phenoxy) is 2. The first-order valence-electron chi connectivity index (χ1n) is 6.50. The molecule has 1 aromatic heterocycles. The van der Waals surface area contributed by atoms with Gasteiger partial charge in [0.15, 0.2) is 0 Å². The van der Waals surface area contributed by atoms with Gasteiger partial charge in [-0.25, -0.2) is 4.79 Å². The van der Waals surface area contributed by atoms with E-state index in [1.165, 1.54) is 7.11 Å². The summed E-state index contributed by atoms with van der Waals surface area (Å²) in [6.45, 7) is 6.46. The molecular weight excluding hydrogens is 244 g/mol. The molecule has 1 aromatic rings. The Bertz CT molecular complexity index is 440. The first-order chi connectivity index (χ1) is 9.10. The number of carbonyl (C=O) groups excluding carboxylic acids is 1. The maximum atomic E-state index is 11.7. The molecule has 19 heavy (non-hydrogen) atoms. The van der Waals surface area contributed by atoms with E-state index in [0.717, 1.165) is 18.8 Å². The van der Waals surface area contributed by atoms with Gasteiger partial charge in [0.1, 0.15) is 0 Å². The van der Waals surface area contributed by atoms with Crippen LogP contribution in [0.1, 0.15) is 29.9 Å². The molecule has 1 aliphatic heterocycles. The fraction of sp³-hybridized carbons (Fsp3) is 0.571. The van der Waals surface area contributed by atoms with Gasteiger partial charge in [-0.3, -0.25) is 9.88 Å². The molecule has 1 saturated heterocycles. The Hall–Kier alpha value is -1.46. The molecule has 0 aromatic carbocycles. The number of methoxy groups -OCH3 is 1. The van der Waals surface area contributed by atoms with E-state index in [2.05, 4.69) is 23.7 Å². The molecule has 2 rings (SSSR count). The largest absolute Gasteiger partial charge is 0.465 e. The zero-order chi connectivity index (χ0) is 13.8. The van der Waals surface area contributed by atoms with Crippen LogP contribution in [0.4, 0.5) is 0 Å². The summed E-state index contributed by atoms with van der Waals surface area (Å²) >= 11 is 0. The van der Waals surface area contributed by atoms with Crippen molar-refractivity contribution in [2.45, 2.75) is 32.6 Å². The van der Waals surface area contributed by atoms with Crippen LogP contribution in [0.5, 0.6) is 0 Å². The second-order valence-electron chi connectivity index (χ2n) is 4.94. The Morgan fingerprint density at radius 2 is 2.16 bits per heavy atom. The van der Waals surface area contributed by atoms with Gasteiger partial charge in [-0.05, 0) is 26.0 Å². The maximum Gasteiger partial charge on any atom is 0.339 e. The minimum atomic E-state index is -0.336. The number of aromatic nitrogens is 1. The SMILES string of the molecule is COC(=O)c1cccnc1CN1C[C@@H](C)O[C@@H](C)C1. The standard InChI is InChI=1S/C14H20N2O3/c1-10-7-16(8-11(2)19-10)9-13-12(14(17)18-3)5-4-6-15-13/h4-6,10-11H,7-9H2,1-3H3/t10-,11+. The minimum Gasteiger partial charge on any atom is -0.465 e. The molecule has 0 saturated carbocycles. The van der Waals surface area contributed by atoms with Crippen molar-refractivity contribution in [3.63, 3.8) is 0 Å². The third-order valence-corrected chi connectivity index (χ3v) is 3.16. The van der Waals surface area contributed by atoms with E-state index >= 15 is 0 Å². The quantitative estimate of drug-likeness (QED) is 0.774. The van der Waals surface area contributed by atoms with E-state index in [-0.39, 0.29) is 18.2 Å².